The summed E-state index contributed by atoms with van der Waals surface area (Å²) < 4.78 is 39.3. The van der Waals surface area contributed by atoms with Crippen molar-refractivity contribution in [3.8, 4) is 11.5 Å². The van der Waals surface area contributed by atoms with Gasteiger partial charge in [-0.1, -0.05) is 54.6 Å². The Bertz CT molecular complexity index is 1410. The minimum atomic E-state index is -4.18. The van der Waals surface area contributed by atoms with Crippen LogP contribution in [0.3, 0.4) is 0 Å². The number of aryl methyl sites for hydroxylation is 1. The largest absolute Gasteiger partial charge is 0.493 e. The molecule has 38 heavy (non-hydrogen) atoms. The number of nitrogens with one attached hydrogen (secondary N) is 1. The highest BCUT2D eigenvalue weighted by atomic mass is 32.2. The highest BCUT2D eigenvalue weighted by Crippen LogP contribution is 2.34. The van der Waals surface area contributed by atoms with Crippen molar-refractivity contribution in [2.75, 3.05) is 14.2 Å². The zero-order valence-corrected chi connectivity index (χ0v) is 22.0. The Kier molecular flexibility index (Phi) is 8.33. The number of carbonyl (C=O) groups excluding carboxylic acids is 1. The Morgan fingerprint density at radius 1 is 0.974 bits per heavy atom. The number of hydrogen-bond donors (Lipinski definition) is 2. The van der Waals surface area contributed by atoms with Crippen LogP contribution in [-0.2, 0) is 39.0 Å². The first-order valence-electron chi connectivity index (χ1n) is 12.1. The van der Waals surface area contributed by atoms with Crippen LogP contribution < -0.4 is 14.8 Å². The number of methoxy groups -OCH3 is 2. The predicted octanol–water partition coefficient (Wildman–Crippen LogP) is 3.02. The minimum Gasteiger partial charge on any atom is -0.493 e. The van der Waals surface area contributed by atoms with E-state index in [1.807, 2.05) is 54.6 Å². The Hall–Kier alpha value is -3.89. The number of hydrogen-bond acceptors (Lipinski definition) is 6. The summed E-state index contributed by atoms with van der Waals surface area (Å²) in [5.41, 5.74) is 2.55. The molecule has 200 valence electrons. The van der Waals surface area contributed by atoms with Crippen LogP contribution in [0.4, 0.5) is 0 Å². The molecular weight excluding hydrogens is 508 g/mol. The predicted molar refractivity (Wildman–Crippen MR) is 141 cm³/mol. The lowest BCUT2D eigenvalue weighted by Crippen LogP contribution is -2.55. The van der Waals surface area contributed by atoms with Gasteiger partial charge in [0.2, 0.25) is 15.9 Å². The van der Waals surface area contributed by atoms with Crippen LogP contribution in [-0.4, -0.2) is 56.0 Å². The smallest absolute Gasteiger partial charge is 0.326 e. The Morgan fingerprint density at radius 2 is 1.63 bits per heavy atom. The van der Waals surface area contributed by atoms with Crippen molar-refractivity contribution in [1.29, 1.82) is 0 Å². The first-order valence-corrected chi connectivity index (χ1v) is 13.6. The molecule has 1 aliphatic rings. The van der Waals surface area contributed by atoms with Gasteiger partial charge in [-0.2, -0.15) is 4.31 Å². The van der Waals surface area contributed by atoms with E-state index in [1.54, 1.807) is 0 Å². The lowest BCUT2D eigenvalue weighted by Gasteiger charge is -2.35. The third kappa shape index (κ3) is 5.81. The topological polar surface area (TPSA) is 122 Å². The van der Waals surface area contributed by atoms with Crippen molar-refractivity contribution in [2.24, 2.45) is 0 Å². The summed E-state index contributed by atoms with van der Waals surface area (Å²) in [7, 11) is -1.32. The van der Waals surface area contributed by atoms with Gasteiger partial charge < -0.3 is 19.9 Å². The normalized spacial score (nSPS) is 16.2. The van der Waals surface area contributed by atoms with E-state index in [0.29, 0.717) is 12.2 Å². The van der Waals surface area contributed by atoms with Gasteiger partial charge in [0.15, 0.2) is 11.5 Å². The van der Waals surface area contributed by atoms with Crippen LogP contribution in [0.2, 0.25) is 0 Å². The summed E-state index contributed by atoms with van der Waals surface area (Å²) in [6.07, 6.45) is 0.718. The van der Waals surface area contributed by atoms with Crippen molar-refractivity contribution in [3.05, 3.63) is 89.5 Å². The van der Waals surface area contributed by atoms with Crippen LogP contribution in [0.5, 0.6) is 11.5 Å². The molecule has 2 N–H and O–H groups in total. The molecule has 0 aliphatic carbocycles. The van der Waals surface area contributed by atoms with E-state index in [9.17, 15) is 23.1 Å². The number of carbonyl (C=O) groups is 2. The van der Waals surface area contributed by atoms with Crippen LogP contribution in [0, 0.1) is 0 Å². The van der Waals surface area contributed by atoms with Gasteiger partial charge in [0.1, 0.15) is 12.1 Å². The van der Waals surface area contributed by atoms with E-state index in [2.05, 4.69) is 5.32 Å². The summed E-state index contributed by atoms with van der Waals surface area (Å²) >= 11 is 0. The van der Waals surface area contributed by atoms with Gasteiger partial charge in [-0.3, -0.25) is 4.79 Å². The second kappa shape index (κ2) is 11.7. The van der Waals surface area contributed by atoms with E-state index in [1.165, 1.54) is 32.4 Å². The molecule has 0 spiro atoms. The SMILES string of the molecule is COc1ccc(S(=O)(=O)N2Cc3ccccc3C[C@H]2C(=O)NC(CCc2ccccc2)C(=O)O)cc1OC. The molecule has 10 heteroatoms. The number of nitrogens with zero attached hydrogens (tertiary/aromatic N) is 1. The molecule has 1 heterocycles. The minimum absolute atomic E-state index is 0.0350. The number of sulfonamides is 1. The molecule has 0 saturated carbocycles. The number of ether oxygens (including phenoxy) is 2. The zero-order valence-electron chi connectivity index (χ0n) is 21.2. The number of benzene rings is 3. The molecule has 0 aromatic heterocycles. The van der Waals surface area contributed by atoms with Gasteiger partial charge in [-0.05, 0) is 48.1 Å². The molecule has 3 aromatic carbocycles. The monoisotopic (exact) mass is 538 g/mol. The maximum absolute atomic E-state index is 13.8. The summed E-state index contributed by atoms with van der Waals surface area (Å²) in [6.45, 7) is -0.0350. The number of rotatable bonds is 10. The second-order valence-electron chi connectivity index (χ2n) is 8.98. The Morgan fingerprint density at radius 3 is 2.29 bits per heavy atom. The number of carboxylic acids is 1. The number of fused-ring (bicyclic) bond motifs is 1. The van der Waals surface area contributed by atoms with Gasteiger partial charge in [0, 0.05) is 12.6 Å². The first kappa shape index (κ1) is 27.2. The summed E-state index contributed by atoms with van der Waals surface area (Å²) in [6, 6.07) is 18.6. The number of aliphatic carboxylic acids is 1. The van der Waals surface area contributed by atoms with E-state index in [-0.39, 0.29) is 30.0 Å². The fourth-order valence-electron chi connectivity index (χ4n) is 4.57. The molecule has 2 atom stereocenters. The Labute approximate surface area is 222 Å². The molecule has 4 rings (SSSR count). The third-order valence-corrected chi connectivity index (χ3v) is 8.50. The maximum Gasteiger partial charge on any atom is 0.326 e. The molecule has 0 bridgehead atoms. The highest BCUT2D eigenvalue weighted by molar-refractivity contribution is 7.89. The van der Waals surface area contributed by atoms with E-state index >= 15 is 0 Å². The number of amides is 1. The average molecular weight is 539 g/mol. The highest BCUT2D eigenvalue weighted by Gasteiger charge is 2.41. The fourth-order valence-corrected chi connectivity index (χ4v) is 6.15. The van der Waals surface area contributed by atoms with Gasteiger partial charge >= 0.3 is 5.97 Å². The second-order valence-corrected chi connectivity index (χ2v) is 10.9. The van der Waals surface area contributed by atoms with Crippen LogP contribution in [0.25, 0.3) is 0 Å². The van der Waals surface area contributed by atoms with Crippen molar-refractivity contribution in [3.63, 3.8) is 0 Å². The molecular formula is C28H30N2O7S. The van der Waals surface area contributed by atoms with Gasteiger partial charge in [-0.15, -0.1) is 0 Å². The molecule has 1 unspecified atom stereocenters. The van der Waals surface area contributed by atoms with Crippen molar-refractivity contribution >= 4 is 21.9 Å². The Balaban J connectivity index is 1.64. The molecule has 9 nitrogen and oxygen atoms in total. The molecule has 0 radical (unpaired) electrons. The lowest BCUT2D eigenvalue weighted by molar-refractivity contribution is -0.142. The van der Waals surface area contributed by atoms with Crippen molar-refractivity contribution < 1.29 is 32.6 Å². The fraction of sp³-hybridized carbons (Fsp3) is 0.286. The van der Waals surface area contributed by atoms with Gasteiger partial charge in [-0.25, -0.2) is 13.2 Å². The van der Waals surface area contributed by atoms with Crippen molar-refractivity contribution in [1.82, 2.24) is 9.62 Å². The lowest BCUT2D eigenvalue weighted by atomic mass is 9.95. The molecule has 1 aliphatic heterocycles. The standard InChI is InChI=1S/C28H30N2O7S/c1-36-25-15-13-22(17-26(25)37-2)38(34,35)30-18-21-11-7-6-10-20(21)16-24(30)27(31)29-23(28(32)33)14-12-19-8-4-3-5-9-19/h3-11,13,15,17,23-24H,12,14,16,18H2,1-2H3,(H,29,31)(H,32,33)/t23?,24-/m0/s1. The van der Waals surface area contributed by atoms with Crippen LogP contribution >= 0.6 is 0 Å². The van der Waals surface area contributed by atoms with E-state index < -0.39 is 34.0 Å². The third-order valence-electron chi connectivity index (χ3n) is 6.65. The number of carboxylic acid groups (broad SMARTS) is 1. The van der Waals surface area contributed by atoms with Crippen molar-refractivity contribution in [2.45, 2.75) is 42.8 Å². The molecule has 0 saturated heterocycles. The summed E-state index contributed by atoms with van der Waals surface area (Å²) in [5, 5.41) is 12.4. The first-order chi connectivity index (χ1) is 18.2. The molecule has 0 fully saturated rings. The summed E-state index contributed by atoms with van der Waals surface area (Å²) in [4.78, 5) is 25.5. The van der Waals surface area contributed by atoms with Gasteiger partial charge in [0.25, 0.3) is 0 Å². The van der Waals surface area contributed by atoms with E-state index in [0.717, 1.165) is 21.0 Å². The average Bonchev–Trinajstić information content (AvgIpc) is 2.94. The quantitative estimate of drug-likeness (QED) is 0.407. The molecule has 1 amide bonds. The summed E-state index contributed by atoms with van der Waals surface area (Å²) in [5.74, 6) is -1.24. The van der Waals surface area contributed by atoms with Gasteiger partial charge in [0.05, 0.1) is 19.1 Å². The maximum atomic E-state index is 13.8. The van der Waals surface area contributed by atoms with Crippen LogP contribution in [0.15, 0.2) is 77.7 Å². The zero-order chi connectivity index (χ0) is 27.3. The molecule has 3 aromatic rings. The van der Waals surface area contributed by atoms with Crippen LogP contribution in [0.1, 0.15) is 23.1 Å². The van der Waals surface area contributed by atoms with E-state index in [4.69, 9.17) is 9.47 Å².